The van der Waals surface area contributed by atoms with Gasteiger partial charge in [0.2, 0.25) is 0 Å². The van der Waals surface area contributed by atoms with Crippen LogP contribution in [0.1, 0.15) is 23.6 Å². The van der Waals surface area contributed by atoms with Gasteiger partial charge in [0.25, 0.3) is 0 Å². The minimum atomic E-state index is 0.236. The van der Waals surface area contributed by atoms with E-state index < -0.39 is 0 Å². The van der Waals surface area contributed by atoms with Crippen molar-refractivity contribution in [1.82, 2.24) is 0 Å². The Hall–Kier alpha value is -2.60. The van der Waals surface area contributed by atoms with Crippen LogP contribution in [-0.4, -0.2) is 13.2 Å². The maximum absolute atomic E-state index is 5.65. The topological polar surface area (TPSA) is 30.5 Å². The van der Waals surface area contributed by atoms with Crippen molar-refractivity contribution in [3.8, 4) is 23.8 Å². The highest BCUT2D eigenvalue weighted by atomic mass is 16.5. The van der Waals surface area contributed by atoms with Crippen LogP contribution in [0, 0.1) is 26.2 Å². The maximum Gasteiger partial charge on any atom is 0.162 e. The minimum absolute atomic E-state index is 0.236. The van der Waals surface area contributed by atoms with Gasteiger partial charge in [0.05, 0.1) is 6.61 Å². The number of hydrogen-bond donors (Lipinski definition) is 1. The molecule has 3 nitrogen and oxygen atoms in total. The molecule has 2 aromatic carbocycles. The van der Waals surface area contributed by atoms with E-state index in [9.17, 15) is 0 Å². The van der Waals surface area contributed by atoms with Crippen LogP contribution in [-0.2, 0) is 6.54 Å². The number of aryl methyl sites for hydroxylation is 1. The molecule has 1 N–H and O–H groups in total. The van der Waals surface area contributed by atoms with Crippen LogP contribution in [0.5, 0.6) is 11.5 Å². The summed E-state index contributed by atoms with van der Waals surface area (Å²) in [6.45, 7) is 7.73. The summed E-state index contributed by atoms with van der Waals surface area (Å²) >= 11 is 0. The van der Waals surface area contributed by atoms with Gasteiger partial charge in [-0.05, 0) is 55.7 Å². The highest BCUT2D eigenvalue weighted by Gasteiger charge is 2.07. The van der Waals surface area contributed by atoms with E-state index in [1.54, 1.807) is 0 Å². The number of anilines is 1. The van der Waals surface area contributed by atoms with Gasteiger partial charge in [-0.3, -0.25) is 0 Å². The summed E-state index contributed by atoms with van der Waals surface area (Å²) in [5, 5.41) is 3.47. The van der Waals surface area contributed by atoms with Crippen LogP contribution < -0.4 is 14.8 Å². The maximum atomic E-state index is 5.65. The predicted octanol–water partition coefficient (Wildman–Crippen LogP) is 4.33. The van der Waals surface area contributed by atoms with Gasteiger partial charge in [0.1, 0.15) is 6.61 Å². The molecule has 0 spiro atoms. The summed E-state index contributed by atoms with van der Waals surface area (Å²) < 4.78 is 11.2. The molecule has 0 fully saturated rings. The van der Waals surface area contributed by atoms with Crippen molar-refractivity contribution in [2.45, 2.75) is 27.3 Å². The van der Waals surface area contributed by atoms with Crippen LogP contribution in [0.4, 0.5) is 5.69 Å². The molecule has 0 aromatic heterocycles. The first-order valence-corrected chi connectivity index (χ1v) is 7.77. The van der Waals surface area contributed by atoms with Gasteiger partial charge in [-0.1, -0.05) is 24.1 Å². The second-order valence-corrected chi connectivity index (χ2v) is 5.31. The van der Waals surface area contributed by atoms with Crippen molar-refractivity contribution >= 4 is 5.69 Å². The van der Waals surface area contributed by atoms with Crippen molar-refractivity contribution in [2.75, 3.05) is 18.5 Å². The van der Waals surface area contributed by atoms with Gasteiger partial charge in [-0.2, -0.15) is 0 Å². The summed E-state index contributed by atoms with van der Waals surface area (Å²) in [5.41, 5.74) is 4.83. The molecule has 0 aliphatic heterocycles. The zero-order chi connectivity index (χ0) is 16.7. The number of terminal acetylenes is 1. The second kappa shape index (κ2) is 8.14. The molecule has 0 aliphatic rings. The van der Waals surface area contributed by atoms with Gasteiger partial charge in [-0.25, -0.2) is 0 Å². The fourth-order valence-electron chi connectivity index (χ4n) is 2.31. The largest absolute Gasteiger partial charge is 0.490 e. The van der Waals surface area contributed by atoms with Crippen LogP contribution in [0.2, 0.25) is 0 Å². The van der Waals surface area contributed by atoms with Crippen LogP contribution in [0.25, 0.3) is 0 Å². The molecule has 2 aromatic rings. The van der Waals surface area contributed by atoms with Crippen molar-refractivity contribution < 1.29 is 9.47 Å². The molecule has 0 heterocycles. The molecular formula is C20H23NO2. The highest BCUT2D eigenvalue weighted by molar-refractivity contribution is 5.54. The molecule has 0 aliphatic carbocycles. The first-order chi connectivity index (χ1) is 11.2. The zero-order valence-corrected chi connectivity index (χ0v) is 14.0. The monoisotopic (exact) mass is 309 g/mol. The van der Waals surface area contributed by atoms with Crippen LogP contribution >= 0.6 is 0 Å². The fourth-order valence-corrected chi connectivity index (χ4v) is 2.31. The SMILES string of the molecule is C#CCOc1ccc(CNc2cccc(C)c2C)cc1OCC. The van der Waals surface area contributed by atoms with Crippen LogP contribution in [0.3, 0.4) is 0 Å². The standard InChI is InChI=1S/C20H23NO2/c1-5-12-23-19-11-10-17(13-20(19)22-6-2)14-21-18-9-7-8-15(3)16(18)4/h1,7-11,13,21H,6,12,14H2,2-4H3. The Kier molecular flexibility index (Phi) is 5.94. The molecular weight excluding hydrogens is 286 g/mol. The number of hydrogen-bond acceptors (Lipinski definition) is 3. The Bertz CT molecular complexity index is 701. The van der Waals surface area contributed by atoms with E-state index in [1.807, 2.05) is 25.1 Å². The third-order valence-electron chi connectivity index (χ3n) is 3.71. The number of benzene rings is 2. The number of nitrogens with one attached hydrogen (secondary N) is 1. The van der Waals surface area contributed by atoms with Gasteiger partial charge < -0.3 is 14.8 Å². The number of rotatable bonds is 7. The molecule has 0 saturated carbocycles. The molecule has 2 rings (SSSR count). The quantitative estimate of drug-likeness (QED) is 0.772. The summed E-state index contributed by atoms with van der Waals surface area (Å²) in [7, 11) is 0. The summed E-state index contributed by atoms with van der Waals surface area (Å²) in [4.78, 5) is 0. The van der Waals surface area contributed by atoms with E-state index in [0.29, 0.717) is 12.4 Å². The fraction of sp³-hybridized carbons (Fsp3) is 0.300. The molecule has 3 heteroatoms. The second-order valence-electron chi connectivity index (χ2n) is 5.31. The van der Waals surface area contributed by atoms with E-state index in [0.717, 1.165) is 23.5 Å². The van der Waals surface area contributed by atoms with E-state index in [4.69, 9.17) is 15.9 Å². The Morgan fingerprint density at radius 3 is 2.65 bits per heavy atom. The predicted molar refractivity (Wildman–Crippen MR) is 95.2 cm³/mol. The number of ether oxygens (including phenoxy) is 2. The van der Waals surface area contributed by atoms with Gasteiger partial charge in [-0.15, -0.1) is 6.42 Å². The van der Waals surface area contributed by atoms with Gasteiger partial charge in [0, 0.05) is 12.2 Å². The normalized spacial score (nSPS) is 10.0. The molecule has 0 bridgehead atoms. The molecule has 0 atom stereocenters. The molecule has 0 radical (unpaired) electrons. The van der Waals surface area contributed by atoms with E-state index in [-0.39, 0.29) is 6.61 Å². The smallest absolute Gasteiger partial charge is 0.162 e. The molecule has 120 valence electrons. The average molecular weight is 309 g/mol. The first-order valence-electron chi connectivity index (χ1n) is 7.77. The first kappa shape index (κ1) is 16.8. The lowest BCUT2D eigenvalue weighted by atomic mass is 10.1. The third-order valence-corrected chi connectivity index (χ3v) is 3.71. The summed E-state index contributed by atoms with van der Waals surface area (Å²) in [5.74, 6) is 3.87. The van der Waals surface area contributed by atoms with Crippen molar-refractivity contribution in [3.05, 3.63) is 53.1 Å². The van der Waals surface area contributed by atoms with Gasteiger partial charge in [0.15, 0.2) is 11.5 Å². The minimum Gasteiger partial charge on any atom is -0.490 e. The Balaban J connectivity index is 2.12. The van der Waals surface area contributed by atoms with E-state index in [2.05, 4.69) is 43.3 Å². The average Bonchev–Trinajstić information content (AvgIpc) is 2.55. The van der Waals surface area contributed by atoms with Gasteiger partial charge >= 0.3 is 0 Å². The van der Waals surface area contributed by atoms with E-state index in [1.165, 1.54) is 11.1 Å². The van der Waals surface area contributed by atoms with Crippen LogP contribution in [0.15, 0.2) is 36.4 Å². The summed E-state index contributed by atoms with van der Waals surface area (Å²) in [6.07, 6.45) is 5.24. The van der Waals surface area contributed by atoms with Crippen molar-refractivity contribution in [3.63, 3.8) is 0 Å². The van der Waals surface area contributed by atoms with Crippen molar-refractivity contribution in [1.29, 1.82) is 0 Å². The third kappa shape index (κ3) is 4.43. The molecule has 23 heavy (non-hydrogen) atoms. The highest BCUT2D eigenvalue weighted by Crippen LogP contribution is 2.29. The zero-order valence-electron chi connectivity index (χ0n) is 14.0. The summed E-state index contributed by atoms with van der Waals surface area (Å²) in [6, 6.07) is 12.2. The Morgan fingerprint density at radius 2 is 1.91 bits per heavy atom. The lowest BCUT2D eigenvalue weighted by molar-refractivity contribution is 0.299. The Labute approximate surface area is 138 Å². The lowest BCUT2D eigenvalue weighted by Gasteiger charge is -2.14. The lowest BCUT2D eigenvalue weighted by Crippen LogP contribution is -2.04. The molecule has 0 unspecified atom stereocenters. The molecule has 0 saturated heterocycles. The Morgan fingerprint density at radius 1 is 1.09 bits per heavy atom. The molecule has 0 amide bonds. The van der Waals surface area contributed by atoms with Crippen molar-refractivity contribution in [2.24, 2.45) is 0 Å². The van der Waals surface area contributed by atoms with E-state index >= 15 is 0 Å².